The van der Waals surface area contributed by atoms with E-state index in [-0.39, 0.29) is 36.7 Å². The SMILES string of the molecule is N#Cc1ccc(C2CCc3ncc(C(=O)N4CCN(Cc5cc(O)ccc5Cl)C(=O)C4)n32)cc1. The number of carbonyl (C=O) groups excluding carboxylic acids is 2. The van der Waals surface area contributed by atoms with Crippen LogP contribution >= 0.6 is 11.6 Å². The number of nitriles is 1. The van der Waals surface area contributed by atoms with E-state index in [9.17, 15) is 14.7 Å². The molecule has 0 saturated carbocycles. The second-order valence-electron chi connectivity index (χ2n) is 8.54. The summed E-state index contributed by atoms with van der Waals surface area (Å²) < 4.78 is 1.97. The van der Waals surface area contributed by atoms with E-state index in [1.807, 2.05) is 16.7 Å². The van der Waals surface area contributed by atoms with E-state index in [2.05, 4.69) is 11.1 Å². The Morgan fingerprint density at radius 1 is 1.21 bits per heavy atom. The number of imidazole rings is 1. The number of aromatic nitrogens is 2. The predicted octanol–water partition coefficient (Wildman–Crippen LogP) is 3.13. The first-order valence-electron chi connectivity index (χ1n) is 11.0. The third-order valence-electron chi connectivity index (χ3n) is 6.47. The molecule has 1 fully saturated rings. The summed E-state index contributed by atoms with van der Waals surface area (Å²) >= 11 is 6.21. The summed E-state index contributed by atoms with van der Waals surface area (Å²) in [4.78, 5) is 33.9. The third-order valence-corrected chi connectivity index (χ3v) is 6.84. The predicted molar refractivity (Wildman–Crippen MR) is 124 cm³/mol. The van der Waals surface area contributed by atoms with Gasteiger partial charge in [-0.2, -0.15) is 5.26 Å². The second kappa shape index (κ2) is 8.84. The van der Waals surface area contributed by atoms with E-state index in [0.717, 1.165) is 24.2 Å². The standard InChI is InChI=1S/C25H22ClN5O3/c26-20-6-5-19(32)11-18(20)14-29-9-10-30(15-24(29)33)25(34)22-13-28-23-8-7-21(31(22)23)17-3-1-16(12-27)2-4-17/h1-6,11,13,21,32H,7-10,14-15H2. The van der Waals surface area contributed by atoms with Crippen molar-refractivity contribution in [3.63, 3.8) is 0 Å². The summed E-state index contributed by atoms with van der Waals surface area (Å²) in [5.74, 6) is 0.541. The molecule has 2 aromatic carbocycles. The molecular formula is C25H22ClN5O3. The Kier molecular flexibility index (Phi) is 5.72. The first-order valence-corrected chi connectivity index (χ1v) is 11.4. The van der Waals surface area contributed by atoms with Gasteiger partial charge in [-0.05, 0) is 47.9 Å². The first kappa shape index (κ1) is 22.0. The van der Waals surface area contributed by atoms with Crippen LogP contribution in [0.2, 0.25) is 5.02 Å². The number of aryl methyl sites for hydroxylation is 1. The Morgan fingerprint density at radius 3 is 2.74 bits per heavy atom. The van der Waals surface area contributed by atoms with Gasteiger partial charge in [0.2, 0.25) is 5.91 Å². The molecule has 2 amide bonds. The Morgan fingerprint density at radius 2 is 2.00 bits per heavy atom. The minimum atomic E-state index is -0.220. The molecule has 1 aromatic heterocycles. The first-order chi connectivity index (χ1) is 16.4. The van der Waals surface area contributed by atoms with Crippen LogP contribution in [0.3, 0.4) is 0 Å². The second-order valence-corrected chi connectivity index (χ2v) is 8.94. The van der Waals surface area contributed by atoms with Gasteiger partial charge in [0.25, 0.3) is 5.91 Å². The fraction of sp³-hybridized carbons (Fsp3) is 0.280. The number of rotatable bonds is 4. The number of aromatic hydroxyl groups is 1. The van der Waals surface area contributed by atoms with Gasteiger partial charge >= 0.3 is 0 Å². The van der Waals surface area contributed by atoms with Crippen LogP contribution in [-0.2, 0) is 17.8 Å². The minimum absolute atomic E-state index is 0.0304. The largest absolute Gasteiger partial charge is 0.508 e. The van der Waals surface area contributed by atoms with E-state index in [1.54, 1.807) is 40.3 Å². The van der Waals surface area contributed by atoms with Crippen LogP contribution in [0.25, 0.3) is 0 Å². The van der Waals surface area contributed by atoms with Crippen molar-refractivity contribution in [1.82, 2.24) is 19.4 Å². The maximum absolute atomic E-state index is 13.4. The van der Waals surface area contributed by atoms with Crippen LogP contribution in [0.4, 0.5) is 0 Å². The molecule has 0 spiro atoms. The quantitative estimate of drug-likeness (QED) is 0.624. The summed E-state index contributed by atoms with van der Waals surface area (Å²) in [6.07, 6.45) is 3.18. The smallest absolute Gasteiger partial charge is 0.272 e. The van der Waals surface area contributed by atoms with Gasteiger partial charge in [0.15, 0.2) is 0 Å². The molecule has 0 bridgehead atoms. The highest BCUT2D eigenvalue weighted by Gasteiger charge is 2.34. The third kappa shape index (κ3) is 3.99. The van der Waals surface area contributed by atoms with Crippen molar-refractivity contribution < 1.29 is 14.7 Å². The van der Waals surface area contributed by atoms with Crippen LogP contribution in [0.5, 0.6) is 5.75 Å². The van der Waals surface area contributed by atoms with Gasteiger partial charge in [-0.15, -0.1) is 0 Å². The van der Waals surface area contributed by atoms with Gasteiger partial charge in [-0.25, -0.2) is 4.98 Å². The minimum Gasteiger partial charge on any atom is -0.508 e. The number of nitrogens with zero attached hydrogens (tertiary/aromatic N) is 5. The zero-order valence-corrected chi connectivity index (χ0v) is 19.1. The van der Waals surface area contributed by atoms with Crippen LogP contribution in [0.15, 0.2) is 48.7 Å². The van der Waals surface area contributed by atoms with Crippen molar-refractivity contribution in [3.8, 4) is 11.8 Å². The molecule has 1 N–H and O–H groups in total. The Hall–Kier alpha value is -3.83. The van der Waals surface area contributed by atoms with Crippen molar-refractivity contribution in [3.05, 3.63) is 81.9 Å². The van der Waals surface area contributed by atoms with Crippen LogP contribution in [-0.4, -0.2) is 55.9 Å². The molecule has 1 saturated heterocycles. The lowest BCUT2D eigenvalue weighted by molar-refractivity contribution is -0.135. The maximum Gasteiger partial charge on any atom is 0.272 e. The molecule has 3 aromatic rings. The highest BCUT2D eigenvalue weighted by atomic mass is 35.5. The lowest BCUT2D eigenvalue weighted by Crippen LogP contribution is -2.52. The summed E-state index contributed by atoms with van der Waals surface area (Å²) in [6.45, 7) is 1.01. The molecular weight excluding hydrogens is 454 g/mol. The van der Waals surface area contributed by atoms with Crippen molar-refractivity contribution in [2.45, 2.75) is 25.4 Å². The molecule has 0 radical (unpaired) electrons. The molecule has 34 heavy (non-hydrogen) atoms. The fourth-order valence-corrected chi connectivity index (χ4v) is 4.86. The number of piperazine rings is 1. The van der Waals surface area contributed by atoms with E-state index < -0.39 is 0 Å². The fourth-order valence-electron chi connectivity index (χ4n) is 4.68. The lowest BCUT2D eigenvalue weighted by Gasteiger charge is -2.34. The molecule has 3 heterocycles. The van der Waals surface area contributed by atoms with Crippen molar-refractivity contribution in [1.29, 1.82) is 5.26 Å². The van der Waals surface area contributed by atoms with Gasteiger partial charge < -0.3 is 19.5 Å². The molecule has 2 aliphatic rings. The Labute approximate surface area is 201 Å². The van der Waals surface area contributed by atoms with E-state index in [4.69, 9.17) is 16.9 Å². The number of hydrogen-bond acceptors (Lipinski definition) is 5. The summed E-state index contributed by atoms with van der Waals surface area (Å²) in [7, 11) is 0. The summed E-state index contributed by atoms with van der Waals surface area (Å²) in [5, 5.41) is 19.3. The van der Waals surface area contributed by atoms with Crippen LogP contribution in [0, 0.1) is 11.3 Å². The van der Waals surface area contributed by atoms with Gasteiger partial charge in [0.05, 0.1) is 23.9 Å². The van der Waals surface area contributed by atoms with Gasteiger partial charge in [0, 0.05) is 31.1 Å². The molecule has 172 valence electrons. The molecule has 1 unspecified atom stereocenters. The molecule has 0 aliphatic carbocycles. The van der Waals surface area contributed by atoms with Gasteiger partial charge in [-0.3, -0.25) is 9.59 Å². The number of phenolic OH excluding ortho intramolecular Hbond substituents is 1. The molecule has 8 nitrogen and oxygen atoms in total. The average Bonchev–Trinajstić information content (AvgIpc) is 3.45. The lowest BCUT2D eigenvalue weighted by atomic mass is 10.0. The van der Waals surface area contributed by atoms with Crippen molar-refractivity contribution >= 4 is 23.4 Å². The van der Waals surface area contributed by atoms with E-state index >= 15 is 0 Å². The van der Waals surface area contributed by atoms with E-state index in [1.165, 1.54) is 6.07 Å². The molecule has 1 atom stereocenters. The number of benzene rings is 2. The number of fused-ring (bicyclic) bond motifs is 1. The maximum atomic E-state index is 13.4. The highest BCUT2D eigenvalue weighted by molar-refractivity contribution is 6.31. The molecule has 9 heteroatoms. The zero-order valence-electron chi connectivity index (χ0n) is 18.3. The summed E-state index contributed by atoms with van der Waals surface area (Å²) in [5.41, 5.74) is 2.74. The number of phenols is 1. The normalized spacial score (nSPS) is 17.5. The van der Waals surface area contributed by atoms with Crippen molar-refractivity contribution in [2.24, 2.45) is 0 Å². The zero-order chi connectivity index (χ0) is 23.8. The Bertz CT molecular complexity index is 1310. The monoisotopic (exact) mass is 475 g/mol. The van der Waals surface area contributed by atoms with Crippen molar-refractivity contribution in [2.75, 3.05) is 19.6 Å². The highest BCUT2D eigenvalue weighted by Crippen LogP contribution is 2.33. The molecule has 5 rings (SSSR count). The van der Waals surface area contributed by atoms with Crippen LogP contribution in [0.1, 0.15) is 45.5 Å². The Balaban J connectivity index is 1.31. The number of halogens is 1. The van der Waals surface area contributed by atoms with Gasteiger partial charge in [-0.1, -0.05) is 23.7 Å². The van der Waals surface area contributed by atoms with Gasteiger partial charge in [0.1, 0.15) is 23.8 Å². The summed E-state index contributed by atoms with van der Waals surface area (Å²) in [6, 6.07) is 14.1. The number of hydrogen-bond donors (Lipinski definition) is 1. The van der Waals surface area contributed by atoms with E-state index in [0.29, 0.717) is 34.9 Å². The average molecular weight is 476 g/mol. The number of carbonyl (C=O) groups is 2. The number of amides is 2. The van der Waals surface area contributed by atoms with Crippen LogP contribution < -0.4 is 0 Å². The topological polar surface area (TPSA) is 102 Å². The molecule has 2 aliphatic heterocycles.